The van der Waals surface area contributed by atoms with E-state index in [0.717, 1.165) is 58.0 Å². The Morgan fingerprint density at radius 1 is 0.921 bits per heavy atom. The second kappa shape index (κ2) is 11.4. The molecule has 0 fully saturated rings. The van der Waals surface area contributed by atoms with Crippen LogP contribution < -0.4 is 14.8 Å². The van der Waals surface area contributed by atoms with Crippen molar-refractivity contribution in [2.45, 2.75) is 19.6 Å². The Morgan fingerprint density at radius 2 is 1.66 bits per heavy atom. The predicted molar refractivity (Wildman–Crippen MR) is 154 cm³/mol. The first kappa shape index (κ1) is 25.4. The maximum absolute atomic E-state index is 6.49. The highest BCUT2D eigenvalue weighted by Crippen LogP contribution is 2.45. The maximum Gasteiger partial charge on any atom is 0.229 e. The molecule has 5 aromatic rings. The SMILES string of the molecule is COc1ccc(CCNc2ccnc3oc(-c4ccccc4OC(C)N(C)C)c(-c4ccccc4)c23)cc1. The molecule has 0 aliphatic rings. The molecule has 38 heavy (non-hydrogen) atoms. The van der Waals surface area contributed by atoms with E-state index in [9.17, 15) is 0 Å². The molecule has 0 aliphatic heterocycles. The van der Waals surface area contributed by atoms with Crippen molar-refractivity contribution >= 4 is 16.8 Å². The largest absolute Gasteiger partial charge is 0.497 e. The van der Waals surface area contributed by atoms with Crippen LogP contribution in [0.25, 0.3) is 33.6 Å². The van der Waals surface area contributed by atoms with Crippen LogP contribution in [-0.2, 0) is 6.42 Å². The number of anilines is 1. The van der Waals surface area contributed by atoms with Crippen molar-refractivity contribution in [3.8, 4) is 33.9 Å². The molecule has 6 nitrogen and oxygen atoms in total. The van der Waals surface area contributed by atoms with E-state index in [4.69, 9.17) is 13.9 Å². The molecular weight excluding hydrogens is 474 g/mol. The maximum atomic E-state index is 6.49. The van der Waals surface area contributed by atoms with E-state index in [0.29, 0.717) is 5.71 Å². The van der Waals surface area contributed by atoms with Gasteiger partial charge in [0.2, 0.25) is 5.71 Å². The summed E-state index contributed by atoms with van der Waals surface area (Å²) in [4.78, 5) is 6.64. The van der Waals surface area contributed by atoms with Crippen molar-refractivity contribution in [2.24, 2.45) is 0 Å². The van der Waals surface area contributed by atoms with E-state index in [1.807, 2.05) is 86.6 Å². The Hall–Kier alpha value is -4.29. The number of rotatable bonds is 10. The standard InChI is InChI=1S/C32H33N3O3/c1-22(35(2)3)37-28-13-9-8-12-26(28)31-29(24-10-6-5-7-11-24)30-27(19-21-34-32(30)38-31)33-20-18-23-14-16-25(36-4)17-15-23/h5-17,19,21-22H,18,20H2,1-4H3,(H,33,34). The van der Waals surface area contributed by atoms with Crippen LogP contribution in [-0.4, -0.2) is 43.9 Å². The van der Waals surface area contributed by atoms with Crippen LogP contribution in [0.15, 0.2) is 95.5 Å². The molecule has 1 atom stereocenters. The molecule has 1 N–H and O–H groups in total. The highest BCUT2D eigenvalue weighted by molar-refractivity contribution is 6.07. The predicted octanol–water partition coefficient (Wildman–Crippen LogP) is 7.11. The summed E-state index contributed by atoms with van der Waals surface area (Å²) in [5.74, 6) is 2.36. The van der Waals surface area contributed by atoms with Gasteiger partial charge >= 0.3 is 0 Å². The third kappa shape index (κ3) is 5.36. The van der Waals surface area contributed by atoms with Crippen LogP contribution in [0.4, 0.5) is 5.69 Å². The molecule has 2 aromatic heterocycles. The van der Waals surface area contributed by atoms with Crippen LogP contribution >= 0.6 is 0 Å². The first-order chi connectivity index (χ1) is 18.5. The molecule has 194 valence electrons. The van der Waals surface area contributed by atoms with Gasteiger partial charge in [0.15, 0.2) is 0 Å². The molecule has 0 saturated heterocycles. The molecule has 2 heterocycles. The fraction of sp³-hybridized carbons (Fsp3) is 0.219. The number of aromatic nitrogens is 1. The van der Waals surface area contributed by atoms with Crippen LogP contribution in [0.5, 0.6) is 11.5 Å². The van der Waals surface area contributed by atoms with Crippen molar-refractivity contribution in [1.29, 1.82) is 0 Å². The first-order valence-electron chi connectivity index (χ1n) is 12.8. The van der Waals surface area contributed by atoms with Crippen LogP contribution in [0.1, 0.15) is 12.5 Å². The van der Waals surface area contributed by atoms with Gasteiger partial charge in [0.1, 0.15) is 23.5 Å². The fourth-order valence-corrected chi connectivity index (χ4v) is 4.42. The van der Waals surface area contributed by atoms with Gasteiger partial charge in [-0.1, -0.05) is 54.6 Å². The van der Waals surface area contributed by atoms with Crippen LogP contribution in [0.3, 0.4) is 0 Å². The van der Waals surface area contributed by atoms with Gasteiger partial charge < -0.3 is 19.2 Å². The lowest BCUT2D eigenvalue weighted by molar-refractivity contribution is 0.0820. The molecule has 6 heteroatoms. The van der Waals surface area contributed by atoms with Crippen LogP contribution in [0.2, 0.25) is 0 Å². The number of hydrogen-bond acceptors (Lipinski definition) is 6. The van der Waals surface area contributed by atoms with Crippen LogP contribution in [0, 0.1) is 0 Å². The normalized spacial score (nSPS) is 12.0. The summed E-state index contributed by atoms with van der Waals surface area (Å²) < 4.78 is 18.1. The van der Waals surface area contributed by atoms with E-state index in [1.165, 1.54) is 5.56 Å². The van der Waals surface area contributed by atoms with Gasteiger partial charge in [-0.2, -0.15) is 0 Å². The number of benzene rings is 3. The summed E-state index contributed by atoms with van der Waals surface area (Å²) in [7, 11) is 5.68. The summed E-state index contributed by atoms with van der Waals surface area (Å²) in [5.41, 5.74) is 5.75. The smallest absolute Gasteiger partial charge is 0.229 e. The molecule has 0 amide bonds. The van der Waals surface area contributed by atoms with Crippen molar-refractivity contribution in [3.05, 3.63) is 96.7 Å². The van der Waals surface area contributed by atoms with Gasteiger partial charge in [-0.3, -0.25) is 4.90 Å². The average Bonchev–Trinajstić information content (AvgIpc) is 3.34. The number of nitrogens with one attached hydrogen (secondary N) is 1. The zero-order chi connectivity index (χ0) is 26.5. The third-order valence-corrected chi connectivity index (χ3v) is 6.70. The minimum absolute atomic E-state index is 0.103. The topological polar surface area (TPSA) is 59.8 Å². The summed E-state index contributed by atoms with van der Waals surface area (Å²) >= 11 is 0. The molecule has 0 bridgehead atoms. The zero-order valence-corrected chi connectivity index (χ0v) is 22.3. The number of ether oxygens (including phenoxy) is 2. The van der Waals surface area contributed by atoms with E-state index in [1.54, 1.807) is 13.3 Å². The monoisotopic (exact) mass is 507 g/mol. The second-order valence-electron chi connectivity index (χ2n) is 9.41. The van der Waals surface area contributed by atoms with Crippen molar-refractivity contribution in [2.75, 3.05) is 33.1 Å². The molecule has 3 aromatic carbocycles. The Kier molecular flexibility index (Phi) is 7.61. The Morgan fingerprint density at radius 3 is 2.39 bits per heavy atom. The second-order valence-corrected chi connectivity index (χ2v) is 9.41. The van der Waals surface area contributed by atoms with Crippen molar-refractivity contribution in [1.82, 2.24) is 9.88 Å². The van der Waals surface area contributed by atoms with Gasteiger partial charge in [0.05, 0.1) is 18.1 Å². The number of para-hydroxylation sites is 1. The van der Waals surface area contributed by atoms with E-state index < -0.39 is 0 Å². The third-order valence-electron chi connectivity index (χ3n) is 6.70. The lowest BCUT2D eigenvalue weighted by Gasteiger charge is -2.22. The van der Waals surface area contributed by atoms with E-state index in [2.05, 4.69) is 34.6 Å². The first-order valence-corrected chi connectivity index (χ1v) is 12.8. The lowest BCUT2D eigenvalue weighted by Crippen LogP contribution is -2.30. The summed E-state index contributed by atoms with van der Waals surface area (Å²) in [6.07, 6.45) is 2.56. The molecule has 0 radical (unpaired) electrons. The van der Waals surface area contributed by atoms with Gasteiger partial charge in [-0.05, 0) is 68.9 Å². The quantitative estimate of drug-likeness (QED) is 0.203. The molecule has 5 rings (SSSR count). The molecule has 0 spiro atoms. The molecule has 1 unspecified atom stereocenters. The lowest BCUT2D eigenvalue weighted by atomic mass is 9.98. The molecular formula is C32H33N3O3. The van der Waals surface area contributed by atoms with Gasteiger partial charge in [0.25, 0.3) is 0 Å². The number of hydrogen-bond donors (Lipinski definition) is 1. The Balaban J connectivity index is 1.56. The van der Waals surface area contributed by atoms with E-state index in [-0.39, 0.29) is 6.23 Å². The van der Waals surface area contributed by atoms with Gasteiger partial charge in [0, 0.05) is 24.0 Å². The Bertz CT molecular complexity index is 1490. The van der Waals surface area contributed by atoms with Gasteiger partial charge in [-0.25, -0.2) is 4.98 Å². The van der Waals surface area contributed by atoms with Gasteiger partial charge in [-0.15, -0.1) is 0 Å². The number of furan rings is 1. The van der Waals surface area contributed by atoms with Crippen molar-refractivity contribution < 1.29 is 13.9 Å². The fourth-order valence-electron chi connectivity index (χ4n) is 4.42. The molecule has 0 aliphatic carbocycles. The highest BCUT2D eigenvalue weighted by Gasteiger charge is 2.24. The number of nitrogens with zero attached hydrogens (tertiary/aromatic N) is 2. The van der Waals surface area contributed by atoms with Crippen molar-refractivity contribution in [3.63, 3.8) is 0 Å². The van der Waals surface area contributed by atoms with E-state index >= 15 is 0 Å². The molecule has 0 saturated carbocycles. The summed E-state index contributed by atoms with van der Waals surface area (Å²) in [6, 6.07) is 28.5. The number of fused-ring (bicyclic) bond motifs is 1. The highest BCUT2D eigenvalue weighted by atomic mass is 16.5. The zero-order valence-electron chi connectivity index (χ0n) is 22.3. The number of pyridine rings is 1. The Labute approximate surface area is 223 Å². The minimum Gasteiger partial charge on any atom is -0.497 e. The number of methoxy groups -OCH3 is 1. The summed E-state index contributed by atoms with van der Waals surface area (Å²) in [5, 5.41) is 4.59. The summed E-state index contributed by atoms with van der Waals surface area (Å²) in [6.45, 7) is 2.79. The minimum atomic E-state index is -0.103. The average molecular weight is 508 g/mol.